The van der Waals surface area contributed by atoms with E-state index in [0.717, 1.165) is 16.5 Å². The van der Waals surface area contributed by atoms with Gasteiger partial charge in [0, 0.05) is 43.4 Å². The van der Waals surface area contributed by atoms with E-state index in [2.05, 4.69) is 5.32 Å². The summed E-state index contributed by atoms with van der Waals surface area (Å²) in [6.07, 6.45) is 3.52. The summed E-state index contributed by atoms with van der Waals surface area (Å²) in [6, 6.07) is 9.81. The van der Waals surface area contributed by atoms with Gasteiger partial charge in [0.1, 0.15) is 11.6 Å². The second-order valence-electron chi connectivity index (χ2n) is 4.63. The molecule has 0 aliphatic rings. The van der Waals surface area contributed by atoms with Gasteiger partial charge in [-0.25, -0.2) is 0 Å². The third-order valence-corrected chi connectivity index (χ3v) is 3.18. The molecule has 0 bridgehead atoms. The van der Waals surface area contributed by atoms with Crippen molar-refractivity contribution >= 4 is 22.9 Å². The van der Waals surface area contributed by atoms with Crippen molar-refractivity contribution in [2.45, 2.75) is 0 Å². The van der Waals surface area contributed by atoms with Crippen molar-refractivity contribution in [2.75, 3.05) is 20.3 Å². The van der Waals surface area contributed by atoms with Gasteiger partial charge in [-0.15, -0.1) is 0 Å². The number of hydrogen-bond acceptors (Lipinski definition) is 3. The van der Waals surface area contributed by atoms with Crippen molar-refractivity contribution in [1.82, 2.24) is 9.88 Å². The topological polar surface area (TPSA) is 67.0 Å². The molecule has 0 unspecified atom stereocenters. The summed E-state index contributed by atoms with van der Waals surface area (Å²) in [7, 11) is 3.49. The third-order valence-electron chi connectivity index (χ3n) is 3.18. The molecule has 0 saturated heterocycles. The van der Waals surface area contributed by atoms with Crippen LogP contribution in [-0.2, 0) is 16.6 Å². The molecular weight excluding hydrogens is 266 g/mol. The maximum atomic E-state index is 11.9. The number of nitrogens with zero attached hydrogens (tertiary/aromatic N) is 2. The summed E-state index contributed by atoms with van der Waals surface area (Å²) >= 11 is 0. The summed E-state index contributed by atoms with van der Waals surface area (Å²) in [5.74, 6) is -0.387. The number of hydrogen-bond donors (Lipinski definition) is 1. The van der Waals surface area contributed by atoms with Crippen molar-refractivity contribution in [3.05, 3.63) is 41.6 Å². The van der Waals surface area contributed by atoms with E-state index in [1.807, 2.05) is 48.1 Å². The van der Waals surface area contributed by atoms with Crippen LogP contribution in [0.5, 0.6) is 0 Å². The molecule has 5 nitrogen and oxygen atoms in total. The summed E-state index contributed by atoms with van der Waals surface area (Å²) in [6.45, 7) is 0.794. The maximum absolute atomic E-state index is 11.9. The molecule has 1 amide bonds. The van der Waals surface area contributed by atoms with Crippen LogP contribution in [0.4, 0.5) is 0 Å². The highest BCUT2D eigenvalue weighted by molar-refractivity contribution is 6.04. The summed E-state index contributed by atoms with van der Waals surface area (Å²) in [5.41, 5.74) is 2.00. The second kappa shape index (κ2) is 6.73. The van der Waals surface area contributed by atoms with Crippen LogP contribution in [0.2, 0.25) is 0 Å². The van der Waals surface area contributed by atoms with Gasteiger partial charge in [-0.1, -0.05) is 18.2 Å². The van der Waals surface area contributed by atoms with Gasteiger partial charge in [-0.3, -0.25) is 4.79 Å². The molecule has 2 rings (SSSR count). The van der Waals surface area contributed by atoms with E-state index in [4.69, 9.17) is 4.74 Å². The number of aryl methyl sites for hydroxylation is 1. The fourth-order valence-corrected chi connectivity index (χ4v) is 2.15. The monoisotopic (exact) mass is 283 g/mol. The van der Waals surface area contributed by atoms with Gasteiger partial charge in [0.15, 0.2) is 0 Å². The van der Waals surface area contributed by atoms with Gasteiger partial charge in [0.05, 0.1) is 6.61 Å². The predicted octanol–water partition coefficient (Wildman–Crippen LogP) is 1.85. The number of para-hydroxylation sites is 1. The molecule has 1 aromatic carbocycles. The number of fused-ring (bicyclic) bond motifs is 1. The third kappa shape index (κ3) is 3.30. The number of benzene rings is 1. The molecule has 1 heterocycles. The number of methoxy groups -OCH3 is 1. The van der Waals surface area contributed by atoms with Crippen LogP contribution in [0, 0.1) is 11.3 Å². The van der Waals surface area contributed by atoms with Gasteiger partial charge in [0.25, 0.3) is 5.91 Å². The first-order valence-electron chi connectivity index (χ1n) is 6.60. The maximum Gasteiger partial charge on any atom is 0.262 e. The van der Waals surface area contributed by atoms with Gasteiger partial charge >= 0.3 is 0 Å². The number of amides is 1. The number of nitriles is 1. The first-order valence-corrected chi connectivity index (χ1v) is 6.60. The Morgan fingerprint density at radius 1 is 1.48 bits per heavy atom. The highest BCUT2D eigenvalue weighted by Gasteiger charge is 2.10. The lowest BCUT2D eigenvalue weighted by Crippen LogP contribution is -2.27. The van der Waals surface area contributed by atoms with E-state index in [1.54, 1.807) is 13.2 Å². The van der Waals surface area contributed by atoms with E-state index in [-0.39, 0.29) is 11.5 Å². The molecule has 0 spiro atoms. The van der Waals surface area contributed by atoms with Crippen molar-refractivity contribution in [3.63, 3.8) is 0 Å². The van der Waals surface area contributed by atoms with Crippen LogP contribution >= 0.6 is 0 Å². The molecule has 1 N–H and O–H groups in total. The molecule has 108 valence electrons. The first-order chi connectivity index (χ1) is 10.2. The quantitative estimate of drug-likeness (QED) is 0.517. The molecule has 21 heavy (non-hydrogen) atoms. The Kier molecular flexibility index (Phi) is 4.75. The Hall–Kier alpha value is -2.58. The molecule has 0 aliphatic carbocycles. The minimum atomic E-state index is -0.387. The molecular formula is C16H17N3O2. The van der Waals surface area contributed by atoms with Crippen molar-refractivity contribution < 1.29 is 9.53 Å². The van der Waals surface area contributed by atoms with Crippen LogP contribution in [0.1, 0.15) is 5.56 Å². The van der Waals surface area contributed by atoms with Gasteiger partial charge < -0.3 is 14.6 Å². The number of ether oxygens (including phenoxy) is 1. The molecule has 2 aromatic rings. The van der Waals surface area contributed by atoms with Crippen LogP contribution in [0.3, 0.4) is 0 Å². The number of nitrogens with one attached hydrogen (secondary N) is 1. The van der Waals surface area contributed by atoms with Gasteiger partial charge in [0.2, 0.25) is 0 Å². The predicted molar refractivity (Wildman–Crippen MR) is 81.4 cm³/mol. The van der Waals surface area contributed by atoms with E-state index >= 15 is 0 Å². The van der Waals surface area contributed by atoms with Crippen LogP contribution in [-0.4, -0.2) is 30.7 Å². The lowest BCUT2D eigenvalue weighted by molar-refractivity contribution is -0.117. The van der Waals surface area contributed by atoms with Crippen LogP contribution < -0.4 is 5.32 Å². The fourth-order valence-electron chi connectivity index (χ4n) is 2.15. The highest BCUT2D eigenvalue weighted by atomic mass is 16.5. The largest absolute Gasteiger partial charge is 0.383 e. The molecule has 0 atom stereocenters. The van der Waals surface area contributed by atoms with Crippen molar-refractivity contribution in [3.8, 4) is 6.07 Å². The lowest BCUT2D eigenvalue weighted by atomic mass is 10.1. The minimum Gasteiger partial charge on any atom is -0.383 e. The van der Waals surface area contributed by atoms with Crippen molar-refractivity contribution in [2.24, 2.45) is 7.05 Å². The lowest BCUT2D eigenvalue weighted by Gasteiger charge is -2.02. The molecule has 0 saturated carbocycles. The zero-order chi connectivity index (χ0) is 15.2. The average Bonchev–Trinajstić information content (AvgIpc) is 2.82. The summed E-state index contributed by atoms with van der Waals surface area (Å²) < 4.78 is 6.84. The average molecular weight is 283 g/mol. The normalized spacial score (nSPS) is 11.4. The summed E-state index contributed by atoms with van der Waals surface area (Å²) in [5, 5.41) is 12.8. The SMILES string of the molecule is COCCNC(=O)C(C#N)=Cc1cn(C)c2ccccc12. The summed E-state index contributed by atoms with van der Waals surface area (Å²) in [4.78, 5) is 11.9. The fraction of sp³-hybridized carbons (Fsp3) is 0.250. The highest BCUT2D eigenvalue weighted by Crippen LogP contribution is 2.22. The Balaban J connectivity index is 2.30. The number of carbonyl (C=O) groups is 1. The zero-order valence-corrected chi connectivity index (χ0v) is 12.1. The molecule has 5 heteroatoms. The molecule has 0 fully saturated rings. The number of aromatic nitrogens is 1. The van der Waals surface area contributed by atoms with E-state index < -0.39 is 0 Å². The van der Waals surface area contributed by atoms with E-state index in [1.165, 1.54) is 0 Å². The zero-order valence-electron chi connectivity index (χ0n) is 12.1. The van der Waals surface area contributed by atoms with E-state index in [0.29, 0.717) is 13.2 Å². The first kappa shape index (κ1) is 14.8. The van der Waals surface area contributed by atoms with Crippen LogP contribution in [0.25, 0.3) is 17.0 Å². The molecule has 0 radical (unpaired) electrons. The number of rotatable bonds is 5. The Bertz CT molecular complexity index is 723. The Morgan fingerprint density at radius 3 is 2.95 bits per heavy atom. The number of carbonyl (C=O) groups excluding carboxylic acids is 1. The Morgan fingerprint density at radius 2 is 2.24 bits per heavy atom. The minimum absolute atomic E-state index is 0.0856. The molecule has 0 aliphatic heterocycles. The second-order valence-corrected chi connectivity index (χ2v) is 4.63. The van der Waals surface area contributed by atoms with Crippen LogP contribution in [0.15, 0.2) is 36.0 Å². The van der Waals surface area contributed by atoms with E-state index in [9.17, 15) is 10.1 Å². The van der Waals surface area contributed by atoms with Gasteiger partial charge in [-0.2, -0.15) is 5.26 Å². The van der Waals surface area contributed by atoms with Crippen molar-refractivity contribution in [1.29, 1.82) is 5.26 Å². The Labute approximate surface area is 123 Å². The molecule has 1 aromatic heterocycles. The standard InChI is InChI=1S/C16H17N3O2/c1-19-11-13(14-5-3-4-6-15(14)19)9-12(10-17)16(20)18-7-8-21-2/h3-6,9,11H,7-8H2,1-2H3,(H,18,20). The smallest absolute Gasteiger partial charge is 0.262 e. The van der Waals surface area contributed by atoms with Gasteiger partial charge in [-0.05, 0) is 12.1 Å².